The Labute approximate surface area is 427 Å². The minimum atomic E-state index is -2.16. The van der Waals surface area contributed by atoms with E-state index >= 15 is 9.59 Å². The number of rotatable bonds is 15. The van der Waals surface area contributed by atoms with E-state index in [1.54, 1.807) is 19.9 Å². The molecule has 7 unspecified atom stereocenters. The number of ether oxygens (including phenoxy) is 10. The molecule has 12 atom stereocenters. The topological polar surface area (TPSA) is 232 Å². The van der Waals surface area contributed by atoms with Gasteiger partial charge >= 0.3 is 29.8 Å². The molecule has 4 bridgehead atoms. The number of esters is 5. The molecule has 0 aromatic heterocycles. The van der Waals surface area contributed by atoms with Gasteiger partial charge in [0.05, 0.1) is 24.4 Å². The molecule has 19 heteroatoms. The maximum atomic E-state index is 16.5. The van der Waals surface area contributed by atoms with Crippen LogP contribution in [0.2, 0.25) is 0 Å². The van der Waals surface area contributed by atoms with Gasteiger partial charge in [0.1, 0.15) is 41.1 Å². The first-order chi connectivity index (χ1) is 33.6. The predicted octanol–water partition coefficient (Wildman–Crippen LogP) is 6.65. The average Bonchev–Trinajstić information content (AvgIpc) is 3.42. The molecule has 1 aromatic rings. The van der Waals surface area contributed by atoms with Gasteiger partial charge in [0.15, 0.2) is 39.3 Å². The molecule has 4 heterocycles. The van der Waals surface area contributed by atoms with Crippen LogP contribution in [0.3, 0.4) is 0 Å². The molecule has 2 saturated heterocycles. The van der Waals surface area contributed by atoms with Crippen LogP contribution in [-0.2, 0) is 68.3 Å². The third-order valence-electron chi connectivity index (χ3n) is 14.5. The van der Waals surface area contributed by atoms with Crippen molar-refractivity contribution < 1.29 is 86.0 Å². The van der Waals surface area contributed by atoms with Crippen LogP contribution in [0.4, 0.5) is 0 Å². The molecular weight excluding hydrogens is 1000 g/mol. The predicted molar refractivity (Wildman–Crippen MR) is 259 cm³/mol. The summed E-state index contributed by atoms with van der Waals surface area (Å²) in [6.07, 6.45) is 0.286. The van der Waals surface area contributed by atoms with Crippen LogP contribution < -0.4 is 14.2 Å². The highest BCUT2D eigenvalue weighted by atomic mass is 79.9. The number of methoxy groups -OCH3 is 1. The number of Topliss-reactive ketones (excluding diaryl/α,β-unsaturated/α-hetero) is 2. The molecule has 3 aliphatic carbocycles. The monoisotopic (exact) mass is 1070 g/mol. The number of hydrogen-bond donors (Lipinski definition) is 1. The van der Waals surface area contributed by atoms with E-state index in [2.05, 4.69) is 22.0 Å². The third kappa shape index (κ3) is 9.09. The van der Waals surface area contributed by atoms with Gasteiger partial charge in [0.25, 0.3) is 0 Å². The van der Waals surface area contributed by atoms with E-state index in [-0.39, 0.29) is 53.2 Å². The fraction of sp³-hybridized carbons (Fsp3) is 0.604. The second kappa shape index (κ2) is 19.8. The highest BCUT2D eigenvalue weighted by Gasteiger charge is 2.90. The number of allylic oxidation sites excluding steroid dienone is 4. The molecule has 0 amide bonds. The zero-order valence-electron chi connectivity index (χ0n) is 43.0. The molecule has 3 saturated carbocycles. The summed E-state index contributed by atoms with van der Waals surface area (Å²) in [5, 5.41) is 12.6. The summed E-state index contributed by atoms with van der Waals surface area (Å²) in [7, 11) is 1.23. The van der Waals surface area contributed by atoms with Gasteiger partial charge in [0.2, 0.25) is 12.4 Å². The van der Waals surface area contributed by atoms with Crippen LogP contribution in [-0.4, -0.2) is 124 Å². The molecule has 4 aliphatic heterocycles. The normalized spacial score (nSPS) is 33.4. The van der Waals surface area contributed by atoms with E-state index in [1.165, 1.54) is 20.1 Å². The van der Waals surface area contributed by atoms with Crippen LogP contribution in [0.15, 0.2) is 41.0 Å². The van der Waals surface area contributed by atoms with Crippen molar-refractivity contribution in [2.45, 2.75) is 179 Å². The summed E-state index contributed by atoms with van der Waals surface area (Å²) in [6, 6.07) is 0. The number of hydrogen-bond acceptors (Lipinski definition) is 18. The van der Waals surface area contributed by atoms with E-state index in [0.717, 1.165) is 38.8 Å². The zero-order chi connectivity index (χ0) is 53.2. The van der Waals surface area contributed by atoms with Crippen LogP contribution in [0, 0.1) is 11.8 Å². The fourth-order valence-electron chi connectivity index (χ4n) is 11.4. The van der Waals surface area contributed by atoms with Crippen LogP contribution in [0.5, 0.6) is 17.2 Å². The van der Waals surface area contributed by atoms with Crippen molar-refractivity contribution in [3.63, 3.8) is 0 Å². The third-order valence-corrected chi connectivity index (χ3v) is 15.9. The van der Waals surface area contributed by atoms with Crippen molar-refractivity contribution >= 4 is 63.4 Å². The molecular formula is C53H65BrO18. The van der Waals surface area contributed by atoms with Gasteiger partial charge < -0.3 is 52.5 Å². The first-order valence-electron chi connectivity index (χ1n) is 24.0. The summed E-state index contributed by atoms with van der Waals surface area (Å²) in [6.45, 7) is 18.7. The molecule has 8 rings (SSSR count). The average molecular weight is 1070 g/mol. The SMILES string of the molecule is COC(=O)/C(C)=C\CC12OC(C)(C)C3CC(C1=O)C(O)C1(Br)C(=O)c4c(O[C@@H]5O[C@H](COC(C)=O)[C@@H](OC(C)=O)[C@@H](OC(C)=O)[C@H]5OC(C)=O)c5c(c(CC=C(C)C)c4OC321)OC(C)(CCC=C(C)C)C=C5. The van der Waals surface area contributed by atoms with Crippen molar-refractivity contribution in [3.05, 3.63) is 57.7 Å². The molecule has 1 spiro atoms. The molecule has 72 heavy (non-hydrogen) atoms. The van der Waals surface area contributed by atoms with Crippen LogP contribution in [0.25, 0.3) is 6.08 Å². The van der Waals surface area contributed by atoms with Gasteiger partial charge in [-0.1, -0.05) is 45.3 Å². The van der Waals surface area contributed by atoms with Gasteiger partial charge in [-0.25, -0.2) is 4.79 Å². The summed E-state index contributed by atoms with van der Waals surface area (Å²) in [5.41, 5.74) is -3.60. The van der Waals surface area contributed by atoms with Crippen molar-refractivity contribution in [1.29, 1.82) is 0 Å². The van der Waals surface area contributed by atoms with Crippen molar-refractivity contribution in [2.75, 3.05) is 13.7 Å². The number of carbonyl (C=O) groups excluding carboxylic acids is 7. The lowest BCUT2D eigenvalue weighted by molar-refractivity contribution is -0.288. The van der Waals surface area contributed by atoms with Crippen LogP contribution >= 0.6 is 15.9 Å². The van der Waals surface area contributed by atoms with Gasteiger partial charge in [-0.15, -0.1) is 0 Å². The lowest BCUT2D eigenvalue weighted by Gasteiger charge is -2.65. The highest BCUT2D eigenvalue weighted by Crippen LogP contribution is 2.73. The lowest BCUT2D eigenvalue weighted by Crippen LogP contribution is -2.86. The van der Waals surface area contributed by atoms with Gasteiger partial charge in [-0.2, -0.15) is 0 Å². The quantitative estimate of drug-likeness (QED) is 0.0637. The van der Waals surface area contributed by atoms with Crippen molar-refractivity contribution in [1.82, 2.24) is 0 Å². The second-order valence-corrected chi connectivity index (χ2v) is 21.9. The maximum absolute atomic E-state index is 16.5. The molecule has 18 nitrogen and oxygen atoms in total. The summed E-state index contributed by atoms with van der Waals surface area (Å²) < 4.78 is 60.3. The Bertz CT molecular complexity index is 2580. The summed E-state index contributed by atoms with van der Waals surface area (Å²) in [5.74, 6) is -7.27. The number of carbonyl (C=O) groups is 7. The Morgan fingerprint density at radius 1 is 0.819 bits per heavy atom. The number of fused-ring (bicyclic) bond motifs is 2. The number of benzene rings is 1. The number of aliphatic hydroxyl groups excluding tert-OH is 1. The van der Waals surface area contributed by atoms with E-state index in [9.17, 15) is 29.1 Å². The van der Waals surface area contributed by atoms with E-state index in [1.807, 2.05) is 46.8 Å². The maximum Gasteiger partial charge on any atom is 0.333 e. The minimum Gasteiger partial charge on any atom is -0.482 e. The Kier molecular flexibility index (Phi) is 15.0. The molecule has 1 N–H and O–H groups in total. The van der Waals surface area contributed by atoms with E-state index in [0.29, 0.717) is 18.4 Å². The highest BCUT2D eigenvalue weighted by molar-refractivity contribution is 9.10. The van der Waals surface area contributed by atoms with Crippen molar-refractivity contribution in [3.8, 4) is 17.2 Å². The Hall–Kier alpha value is -5.37. The molecule has 0 radical (unpaired) electrons. The number of alkyl halides is 1. The molecule has 392 valence electrons. The van der Waals surface area contributed by atoms with Gasteiger partial charge in [0, 0.05) is 57.1 Å². The smallest absolute Gasteiger partial charge is 0.333 e. The van der Waals surface area contributed by atoms with E-state index in [4.69, 9.17) is 47.4 Å². The second-order valence-electron chi connectivity index (χ2n) is 20.7. The fourth-order valence-corrected chi connectivity index (χ4v) is 12.6. The van der Waals surface area contributed by atoms with Gasteiger partial charge in [-0.3, -0.25) is 28.8 Å². The Balaban J connectivity index is 1.56. The summed E-state index contributed by atoms with van der Waals surface area (Å²) >= 11 is 3.82. The van der Waals surface area contributed by atoms with Crippen molar-refractivity contribution in [2.24, 2.45) is 11.8 Å². The number of ketones is 2. The van der Waals surface area contributed by atoms with E-state index < -0.39 is 123 Å². The Morgan fingerprint density at radius 3 is 2.04 bits per heavy atom. The summed E-state index contributed by atoms with van der Waals surface area (Å²) in [4.78, 5) is 95.2. The number of halogens is 1. The zero-order valence-corrected chi connectivity index (χ0v) is 44.6. The van der Waals surface area contributed by atoms with Gasteiger partial charge in [-0.05, 0) is 93.2 Å². The lowest BCUT2D eigenvalue weighted by atomic mass is 9.45. The van der Waals surface area contributed by atoms with Crippen LogP contribution in [0.1, 0.15) is 130 Å². The molecule has 7 aliphatic rings. The number of aliphatic hydroxyl groups is 1. The molecule has 5 fully saturated rings. The standard InChI is InChI=1S/C53H65BrO18/c1-25(2)15-14-20-50(12)21-19-33-38(70-50)32(17-16-26(3)4)40-37(39(33)69-48-43(67-31(9)58)42(66-30(8)57)41(65-29(7)56)35(68-48)24-64-28(6)55)46(61)52(54)45(60)34-23-36-49(10,11)72-51(44(34)59,53(36,52)71-40)22-18-27(5)47(62)63-13/h15-16,18-19,21,34-36,41-43,45,48,60H,14,17,20,22-24H2,1-13H3/b27-18-/t34?,35-,36?,41-,42-,43-,45?,48+,50?,51?,52?,53?/m1/s1. The Morgan fingerprint density at radius 2 is 1.44 bits per heavy atom. The first-order valence-corrected chi connectivity index (χ1v) is 24.8. The first kappa shape index (κ1) is 54.4. The largest absolute Gasteiger partial charge is 0.482 e. The minimum absolute atomic E-state index is 0.0707. The molecule has 1 aromatic carbocycles.